The van der Waals surface area contributed by atoms with Gasteiger partial charge in [0.05, 0.1) is 17.7 Å². The minimum Gasteiger partial charge on any atom is -0.457 e. The van der Waals surface area contributed by atoms with Crippen LogP contribution in [0.1, 0.15) is 41.1 Å². The predicted molar refractivity (Wildman–Crippen MR) is 124 cm³/mol. The van der Waals surface area contributed by atoms with Crippen molar-refractivity contribution < 1.29 is 14.3 Å². The Morgan fingerprint density at radius 3 is 2.64 bits per heavy atom. The number of carbonyl (C=O) groups is 2. The fourth-order valence-corrected chi connectivity index (χ4v) is 4.94. The molecule has 3 aromatic carbocycles. The monoisotopic (exact) mass is 457 g/mol. The molecule has 2 N–H and O–H groups in total. The minimum atomic E-state index is -0.982. The zero-order valence-electron chi connectivity index (χ0n) is 17.8. The average molecular weight is 458 g/mol. The Kier molecular flexibility index (Phi) is 5.07. The normalized spacial score (nSPS) is 21.2. The Balaban J connectivity index is 1.64. The van der Waals surface area contributed by atoms with E-state index in [9.17, 15) is 9.59 Å². The van der Waals surface area contributed by atoms with Gasteiger partial charge in [-0.25, -0.2) is 0 Å². The van der Waals surface area contributed by atoms with Crippen LogP contribution in [0.5, 0.6) is 11.5 Å². The van der Waals surface area contributed by atoms with Crippen LogP contribution in [0, 0.1) is 18.3 Å². The Morgan fingerprint density at radius 2 is 1.88 bits per heavy atom. The summed E-state index contributed by atoms with van der Waals surface area (Å²) in [5.74, 6) is 0.799. The minimum absolute atomic E-state index is 0.119. The summed E-state index contributed by atoms with van der Waals surface area (Å²) in [7, 11) is 0. The lowest BCUT2D eigenvalue weighted by molar-refractivity contribution is -0.130. The standard InChI is InChI=1S/C26H20ClN3O3/c1-15-2-9-22(33-18-6-3-16(14-28)4-7-18)19(12-15)24-26(11-10-23(31)30-24)20-8-5-17(27)13-21(20)29-25(26)32/h2-9,12-13,24H,10-11H2,1H3,(H,29,32)(H,30,31)/t24-,26-/m1/s1. The van der Waals surface area contributed by atoms with Crippen LogP contribution in [-0.2, 0) is 15.0 Å². The number of halogens is 1. The highest BCUT2D eigenvalue weighted by molar-refractivity contribution is 6.31. The molecule has 2 aliphatic heterocycles. The van der Waals surface area contributed by atoms with Gasteiger partial charge in [0.25, 0.3) is 0 Å². The van der Waals surface area contributed by atoms with Gasteiger partial charge in [0, 0.05) is 22.7 Å². The van der Waals surface area contributed by atoms with Crippen molar-refractivity contribution in [1.29, 1.82) is 5.26 Å². The van der Waals surface area contributed by atoms with Crippen molar-refractivity contribution in [2.45, 2.75) is 31.2 Å². The maximum Gasteiger partial charge on any atom is 0.237 e. The smallest absolute Gasteiger partial charge is 0.237 e. The summed E-state index contributed by atoms with van der Waals surface area (Å²) in [6.07, 6.45) is 0.609. The summed E-state index contributed by atoms with van der Waals surface area (Å²) in [5, 5.41) is 15.6. The van der Waals surface area contributed by atoms with Crippen molar-refractivity contribution in [3.8, 4) is 17.6 Å². The Bertz CT molecular complexity index is 1330. The van der Waals surface area contributed by atoms with Crippen molar-refractivity contribution in [3.05, 3.63) is 87.9 Å². The van der Waals surface area contributed by atoms with E-state index >= 15 is 0 Å². The summed E-state index contributed by atoms with van der Waals surface area (Å²) in [5.41, 5.74) is 2.71. The van der Waals surface area contributed by atoms with Gasteiger partial charge in [0.15, 0.2) is 0 Å². The molecule has 5 rings (SSSR count). The number of nitrogens with one attached hydrogen (secondary N) is 2. The van der Waals surface area contributed by atoms with Gasteiger partial charge in [-0.3, -0.25) is 9.59 Å². The lowest BCUT2D eigenvalue weighted by Crippen LogP contribution is -2.52. The molecule has 0 saturated carbocycles. The van der Waals surface area contributed by atoms with Gasteiger partial charge in [-0.15, -0.1) is 0 Å². The van der Waals surface area contributed by atoms with E-state index in [-0.39, 0.29) is 18.2 Å². The molecule has 2 aliphatic rings. The van der Waals surface area contributed by atoms with Crippen LogP contribution < -0.4 is 15.4 Å². The van der Waals surface area contributed by atoms with Crippen LogP contribution in [-0.4, -0.2) is 11.8 Å². The SMILES string of the molecule is Cc1ccc(Oc2ccc(C#N)cc2)c([C@H]2NC(=O)CC[C@]23C(=O)Nc2cc(Cl)ccc23)c1. The Labute approximate surface area is 196 Å². The molecule has 33 heavy (non-hydrogen) atoms. The van der Waals surface area contributed by atoms with E-state index in [0.717, 1.165) is 11.1 Å². The zero-order valence-corrected chi connectivity index (χ0v) is 18.6. The first-order valence-corrected chi connectivity index (χ1v) is 11.0. The number of benzene rings is 3. The third kappa shape index (κ3) is 3.51. The van der Waals surface area contributed by atoms with Crippen molar-refractivity contribution >= 4 is 29.1 Å². The molecule has 0 radical (unpaired) electrons. The van der Waals surface area contributed by atoms with Crippen molar-refractivity contribution in [2.24, 2.45) is 0 Å². The van der Waals surface area contributed by atoms with Crippen LogP contribution in [0.15, 0.2) is 60.7 Å². The van der Waals surface area contributed by atoms with Gasteiger partial charge in [-0.2, -0.15) is 5.26 Å². The Hall–Kier alpha value is -3.82. The summed E-state index contributed by atoms with van der Waals surface area (Å²) >= 11 is 6.17. The maximum absolute atomic E-state index is 13.5. The quantitative estimate of drug-likeness (QED) is 0.568. The first-order valence-electron chi connectivity index (χ1n) is 10.6. The highest BCUT2D eigenvalue weighted by Gasteiger charge is 2.56. The molecule has 2 heterocycles. The van der Waals surface area contributed by atoms with E-state index in [1.165, 1.54) is 0 Å². The predicted octanol–water partition coefficient (Wildman–Crippen LogP) is 5.15. The van der Waals surface area contributed by atoms with E-state index in [0.29, 0.717) is 39.8 Å². The van der Waals surface area contributed by atoms with E-state index in [1.807, 2.05) is 31.2 Å². The molecule has 6 nitrogen and oxygen atoms in total. The molecule has 2 atom stereocenters. The van der Waals surface area contributed by atoms with E-state index < -0.39 is 11.5 Å². The number of fused-ring (bicyclic) bond motifs is 2. The number of carbonyl (C=O) groups excluding carboxylic acids is 2. The molecular formula is C26H20ClN3O3. The van der Waals surface area contributed by atoms with Gasteiger partial charge in [-0.05, 0) is 61.4 Å². The van der Waals surface area contributed by atoms with E-state index in [1.54, 1.807) is 36.4 Å². The van der Waals surface area contributed by atoms with Gasteiger partial charge < -0.3 is 15.4 Å². The van der Waals surface area contributed by atoms with Gasteiger partial charge in [-0.1, -0.05) is 35.4 Å². The first-order chi connectivity index (χ1) is 15.9. The number of nitrogens with zero attached hydrogens (tertiary/aromatic N) is 1. The molecule has 7 heteroatoms. The molecule has 1 fully saturated rings. The molecule has 0 aromatic heterocycles. The number of hydrogen-bond donors (Lipinski definition) is 2. The third-order valence-corrected chi connectivity index (χ3v) is 6.58. The van der Waals surface area contributed by atoms with Crippen LogP contribution in [0.2, 0.25) is 5.02 Å². The van der Waals surface area contributed by atoms with Gasteiger partial charge in [0.1, 0.15) is 16.9 Å². The highest BCUT2D eigenvalue weighted by atomic mass is 35.5. The number of amides is 2. The summed E-state index contributed by atoms with van der Waals surface area (Å²) in [4.78, 5) is 26.0. The average Bonchev–Trinajstić information content (AvgIpc) is 3.08. The first kappa shape index (κ1) is 21.0. The van der Waals surface area contributed by atoms with Crippen molar-refractivity contribution in [2.75, 3.05) is 5.32 Å². The van der Waals surface area contributed by atoms with Gasteiger partial charge in [0.2, 0.25) is 11.8 Å². The van der Waals surface area contributed by atoms with Crippen LogP contribution in [0.25, 0.3) is 0 Å². The van der Waals surface area contributed by atoms with Crippen LogP contribution in [0.4, 0.5) is 5.69 Å². The molecule has 164 valence electrons. The van der Waals surface area contributed by atoms with Gasteiger partial charge >= 0.3 is 0 Å². The second kappa shape index (κ2) is 7.95. The van der Waals surface area contributed by atoms with Crippen molar-refractivity contribution in [1.82, 2.24) is 5.32 Å². The number of rotatable bonds is 3. The molecular weight excluding hydrogens is 438 g/mol. The number of piperidine rings is 1. The molecule has 0 aliphatic carbocycles. The largest absolute Gasteiger partial charge is 0.457 e. The third-order valence-electron chi connectivity index (χ3n) is 6.35. The van der Waals surface area contributed by atoms with Crippen molar-refractivity contribution in [3.63, 3.8) is 0 Å². The maximum atomic E-state index is 13.5. The zero-order chi connectivity index (χ0) is 23.2. The number of nitriles is 1. The van der Waals surface area contributed by atoms with Crippen LogP contribution >= 0.6 is 11.6 Å². The van der Waals surface area contributed by atoms with Crippen LogP contribution in [0.3, 0.4) is 0 Å². The lowest BCUT2D eigenvalue weighted by atomic mass is 9.67. The number of ether oxygens (including phenoxy) is 1. The molecule has 2 amide bonds. The summed E-state index contributed by atoms with van der Waals surface area (Å²) < 4.78 is 6.18. The number of aryl methyl sites for hydroxylation is 1. The number of anilines is 1. The second-order valence-corrected chi connectivity index (χ2v) is 8.83. The van der Waals surface area contributed by atoms with E-state index in [2.05, 4.69) is 16.7 Å². The fraction of sp³-hybridized carbons (Fsp3) is 0.192. The molecule has 0 unspecified atom stereocenters. The molecule has 1 spiro atoms. The Morgan fingerprint density at radius 1 is 1.09 bits per heavy atom. The lowest BCUT2D eigenvalue weighted by Gasteiger charge is -2.41. The van der Waals surface area contributed by atoms with E-state index in [4.69, 9.17) is 21.6 Å². The summed E-state index contributed by atoms with van der Waals surface area (Å²) in [6, 6.07) is 19.3. The summed E-state index contributed by atoms with van der Waals surface area (Å²) in [6.45, 7) is 1.95. The molecule has 0 bridgehead atoms. The molecule has 3 aromatic rings. The fourth-order valence-electron chi connectivity index (χ4n) is 4.77. The number of hydrogen-bond acceptors (Lipinski definition) is 4. The molecule has 1 saturated heterocycles. The topological polar surface area (TPSA) is 91.2 Å². The highest BCUT2D eigenvalue weighted by Crippen LogP contribution is 2.53. The second-order valence-electron chi connectivity index (χ2n) is 8.40.